The number of non-ortho nitro benzene ring substituents is 1. The van der Waals surface area contributed by atoms with Gasteiger partial charge in [-0.3, -0.25) is 10.1 Å². The van der Waals surface area contributed by atoms with Gasteiger partial charge in [-0.05, 0) is 51.0 Å². The Labute approximate surface area is 203 Å². The SMILES string of the molecule is C=C/C=C\C=C(/C)CC(C)NS(=O)(=O)c1cc(C)c(Oc2ccc([N+](=O)[O-])cc2Cl)c(Cl)c1. The fourth-order valence-corrected chi connectivity index (χ4v) is 4.94. The first-order chi connectivity index (χ1) is 15.4. The topological polar surface area (TPSA) is 98.5 Å². The maximum absolute atomic E-state index is 12.9. The second-order valence-electron chi connectivity index (χ2n) is 7.39. The average Bonchev–Trinajstić information content (AvgIpc) is 2.71. The first-order valence-corrected chi connectivity index (χ1v) is 12.1. The molecule has 0 amide bonds. The minimum atomic E-state index is -3.84. The van der Waals surface area contributed by atoms with Crippen molar-refractivity contribution in [3.8, 4) is 11.5 Å². The second-order valence-corrected chi connectivity index (χ2v) is 9.91. The molecule has 1 unspecified atom stereocenters. The molecule has 10 heteroatoms. The molecule has 2 aromatic rings. The van der Waals surface area contributed by atoms with Crippen molar-refractivity contribution in [1.82, 2.24) is 4.72 Å². The molecule has 2 aromatic carbocycles. The van der Waals surface area contributed by atoms with E-state index in [-0.39, 0.29) is 38.2 Å². The summed E-state index contributed by atoms with van der Waals surface area (Å²) in [5.74, 6) is 0.356. The fraction of sp³-hybridized carbons (Fsp3) is 0.217. The van der Waals surface area contributed by atoms with Crippen molar-refractivity contribution in [3.05, 3.63) is 92.5 Å². The maximum Gasteiger partial charge on any atom is 0.271 e. The van der Waals surface area contributed by atoms with Crippen LogP contribution in [0.4, 0.5) is 5.69 Å². The van der Waals surface area contributed by atoms with Gasteiger partial charge in [0.15, 0.2) is 0 Å². The summed E-state index contributed by atoms with van der Waals surface area (Å²) < 4.78 is 34.1. The molecule has 0 saturated heterocycles. The predicted molar refractivity (Wildman–Crippen MR) is 132 cm³/mol. The molecule has 0 saturated carbocycles. The molecule has 0 bridgehead atoms. The summed E-state index contributed by atoms with van der Waals surface area (Å²) in [6, 6.07) is 6.13. The van der Waals surface area contributed by atoms with E-state index in [2.05, 4.69) is 11.3 Å². The van der Waals surface area contributed by atoms with E-state index in [1.54, 1.807) is 26.0 Å². The molecule has 1 N–H and O–H groups in total. The van der Waals surface area contributed by atoms with Crippen LogP contribution in [0.3, 0.4) is 0 Å². The monoisotopic (exact) mass is 510 g/mol. The molecule has 0 heterocycles. The van der Waals surface area contributed by atoms with Gasteiger partial charge in [-0.25, -0.2) is 13.1 Å². The molecule has 176 valence electrons. The predicted octanol–water partition coefficient (Wildman–Crippen LogP) is 6.75. The molecular formula is C23H24Cl2N2O5S. The van der Waals surface area contributed by atoms with E-state index in [0.29, 0.717) is 12.0 Å². The van der Waals surface area contributed by atoms with Crippen molar-refractivity contribution in [2.45, 2.75) is 38.1 Å². The van der Waals surface area contributed by atoms with Gasteiger partial charge in [-0.15, -0.1) is 0 Å². The molecule has 33 heavy (non-hydrogen) atoms. The van der Waals surface area contributed by atoms with Crippen molar-refractivity contribution in [1.29, 1.82) is 0 Å². The Morgan fingerprint density at radius 1 is 1.24 bits per heavy atom. The number of aryl methyl sites for hydroxylation is 1. The van der Waals surface area contributed by atoms with Crippen molar-refractivity contribution in [3.63, 3.8) is 0 Å². The Balaban J connectivity index is 2.23. The zero-order chi connectivity index (χ0) is 24.8. The highest BCUT2D eigenvalue weighted by atomic mass is 35.5. The largest absolute Gasteiger partial charge is 0.454 e. The number of hydrogen-bond donors (Lipinski definition) is 1. The Bertz CT molecular complexity index is 1200. The molecule has 1 atom stereocenters. The quantitative estimate of drug-likeness (QED) is 0.216. The van der Waals surface area contributed by atoms with Gasteiger partial charge in [-0.1, -0.05) is 59.7 Å². The number of rotatable bonds is 10. The third-order valence-corrected chi connectivity index (χ3v) is 6.61. The van der Waals surface area contributed by atoms with Gasteiger partial charge in [0.2, 0.25) is 10.0 Å². The Kier molecular flexibility index (Phi) is 9.25. The molecule has 0 radical (unpaired) electrons. The molecule has 0 fully saturated rings. The van der Waals surface area contributed by atoms with Gasteiger partial charge in [0.1, 0.15) is 11.5 Å². The van der Waals surface area contributed by atoms with E-state index in [4.69, 9.17) is 27.9 Å². The van der Waals surface area contributed by atoms with Crippen LogP contribution in [0.2, 0.25) is 10.0 Å². The smallest absolute Gasteiger partial charge is 0.271 e. The molecule has 0 spiro atoms. The second kappa shape index (κ2) is 11.5. The number of sulfonamides is 1. The maximum atomic E-state index is 12.9. The number of nitrogens with zero attached hydrogens (tertiary/aromatic N) is 1. The minimum absolute atomic E-state index is 0.00724. The lowest BCUT2D eigenvalue weighted by Gasteiger charge is -2.17. The highest BCUT2D eigenvalue weighted by Gasteiger charge is 2.21. The summed E-state index contributed by atoms with van der Waals surface area (Å²) >= 11 is 12.4. The average molecular weight is 511 g/mol. The minimum Gasteiger partial charge on any atom is -0.454 e. The molecular weight excluding hydrogens is 487 g/mol. The summed E-state index contributed by atoms with van der Waals surface area (Å²) in [4.78, 5) is 10.3. The number of nitro benzene ring substituents is 1. The number of benzene rings is 2. The highest BCUT2D eigenvalue weighted by molar-refractivity contribution is 7.89. The van der Waals surface area contributed by atoms with E-state index < -0.39 is 14.9 Å². The first kappa shape index (κ1) is 26.6. The summed E-state index contributed by atoms with van der Waals surface area (Å²) in [7, 11) is -3.84. The van der Waals surface area contributed by atoms with Crippen LogP contribution in [0, 0.1) is 17.0 Å². The third-order valence-electron chi connectivity index (χ3n) is 4.46. The molecule has 0 aliphatic heterocycles. The summed E-state index contributed by atoms with van der Waals surface area (Å²) in [5, 5.41) is 11.0. The molecule has 0 aromatic heterocycles. The molecule has 2 rings (SSSR count). The van der Waals surface area contributed by atoms with Crippen LogP contribution in [0.5, 0.6) is 11.5 Å². The van der Waals surface area contributed by atoms with Crippen LogP contribution in [-0.2, 0) is 10.0 Å². The van der Waals surface area contributed by atoms with E-state index in [1.807, 2.05) is 19.1 Å². The van der Waals surface area contributed by atoms with Gasteiger partial charge in [0, 0.05) is 18.2 Å². The number of nitro groups is 1. The van der Waals surface area contributed by atoms with Gasteiger partial charge >= 0.3 is 0 Å². The lowest BCUT2D eigenvalue weighted by atomic mass is 10.1. The number of allylic oxidation sites excluding steroid dienone is 4. The van der Waals surface area contributed by atoms with Crippen molar-refractivity contribution in [2.75, 3.05) is 0 Å². The van der Waals surface area contributed by atoms with E-state index in [0.717, 1.165) is 11.6 Å². The normalized spacial score (nSPS) is 13.2. The Hall–Kier alpha value is -2.65. The van der Waals surface area contributed by atoms with Gasteiger partial charge in [-0.2, -0.15) is 0 Å². The number of halogens is 2. The molecule has 0 aliphatic carbocycles. The number of hydrogen-bond acceptors (Lipinski definition) is 5. The van der Waals surface area contributed by atoms with Crippen LogP contribution in [0.15, 0.2) is 71.7 Å². The van der Waals surface area contributed by atoms with Crippen LogP contribution in [0.25, 0.3) is 0 Å². The highest BCUT2D eigenvalue weighted by Crippen LogP contribution is 2.38. The lowest BCUT2D eigenvalue weighted by molar-refractivity contribution is -0.384. The van der Waals surface area contributed by atoms with E-state index in [9.17, 15) is 18.5 Å². The van der Waals surface area contributed by atoms with Crippen molar-refractivity contribution in [2.24, 2.45) is 0 Å². The molecule has 0 aliphatic rings. The van der Waals surface area contributed by atoms with Crippen LogP contribution >= 0.6 is 23.2 Å². The summed E-state index contributed by atoms with van der Waals surface area (Å²) in [6.07, 6.45) is 7.69. The van der Waals surface area contributed by atoms with Gasteiger partial charge < -0.3 is 4.74 Å². The first-order valence-electron chi connectivity index (χ1n) is 9.83. The van der Waals surface area contributed by atoms with Crippen LogP contribution < -0.4 is 9.46 Å². The zero-order valence-electron chi connectivity index (χ0n) is 18.3. The molecule has 7 nitrogen and oxygen atoms in total. The zero-order valence-corrected chi connectivity index (χ0v) is 20.7. The van der Waals surface area contributed by atoms with E-state index in [1.165, 1.54) is 24.3 Å². The van der Waals surface area contributed by atoms with Crippen molar-refractivity contribution < 1.29 is 18.1 Å². The number of nitrogens with one attached hydrogen (secondary N) is 1. The lowest BCUT2D eigenvalue weighted by Crippen LogP contribution is -2.32. The third kappa shape index (κ3) is 7.43. The Morgan fingerprint density at radius 2 is 1.94 bits per heavy atom. The summed E-state index contributed by atoms with van der Waals surface area (Å²) in [5.41, 5.74) is 1.27. The van der Waals surface area contributed by atoms with Crippen LogP contribution in [0.1, 0.15) is 25.8 Å². The Morgan fingerprint density at radius 3 is 2.52 bits per heavy atom. The van der Waals surface area contributed by atoms with Crippen molar-refractivity contribution >= 4 is 38.9 Å². The fourth-order valence-electron chi connectivity index (χ4n) is 3.00. The van der Waals surface area contributed by atoms with Gasteiger partial charge in [0.25, 0.3) is 5.69 Å². The summed E-state index contributed by atoms with van der Waals surface area (Å²) in [6.45, 7) is 8.92. The number of ether oxygens (including phenoxy) is 1. The van der Waals surface area contributed by atoms with Crippen LogP contribution in [-0.4, -0.2) is 19.4 Å². The van der Waals surface area contributed by atoms with Gasteiger partial charge in [0.05, 0.1) is 19.9 Å². The standard InChI is InChI=1S/C23H24Cl2N2O5S/c1-5-6-7-8-15(2)11-17(4)26-33(30,31)19-12-16(3)23(21(25)14-19)32-22-10-9-18(27(28)29)13-20(22)24/h5-10,12-14,17,26H,1,11H2,2-4H3/b7-6-,15-8+. The van der Waals surface area contributed by atoms with E-state index >= 15 is 0 Å².